The van der Waals surface area contributed by atoms with Crippen LogP contribution in [0.1, 0.15) is 28.6 Å². The zero-order valence-electron chi connectivity index (χ0n) is 11.4. The van der Waals surface area contributed by atoms with Crippen molar-refractivity contribution in [1.29, 1.82) is 0 Å². The van der Waals surface area contributed by atoms with Crippen LogP contribution < -0.4 is 5.32 Å². The van der Waals surface area contributed by atoms with Gasteiger partial charge in [-0.25, -0.2) is 0 Å². The number of amides is 1. The van der Waals surface area contributed by atoms with Crippen molar-refractivity contribution < 1.29 is 22.4 Å². The fourth-order valence-electron chi connectivity index (χ4n) is 2.45. The Bertz CT molecular complexity index is 663. The lowest BCUT2D eigenvalue weighted by molar-refractivity contribution is -0.179. The Hall–Kier alpha value is -2.32. The molecule has 3 rings (SSSR count). The number of hydrogen-bond acceptors (Lipinski definition) is 4. The van der Waals surface area contributed by atoms with E-state index in [2.05, 4.69) is 15.5 Å². The number of hydrogen-bond donors (Lipinski definition) is 1. The topological polar surface area (TPSA) is 73.0 Å². The van der Waals surface area contributed by atoms with Gasteiger partial charge in [0.25, 0.3) is 5.91 Å². The number of carbonyl (C=O) groups is 1. The number of alkyl halides is 3. The van der Waals surface area contributed by atoms with Crippen molar-refractivity contribution in [2.75, 3.05) is 0 Å². The molecule has 0 spiro atoms. The molecule has 3 heterocycles. The number of furan rings is 1. The maximum absolute atomic E-state index is 12.7. The van der Waals surface area contributed by atoms with Gasteiger partial charge >= 0.3 is 6.18 Å². The van der Waals surface area contributed by atoms with E-state index in [0.717, 1.165) is 0 Å². The van der Waals surface area contributed by atoms with E-state index in [9.17, 15) is 18.0 Å². The Balaban J connectivity index is 1.66. The number of halogens is 3. The first kappa shape index (κ1) is 14.6. The molecule has 1 aliphatic rings. The molecule has 0 unspecified atom stereocenters. The highest BCUT2D eigenvalue weighted by atomic mass is 19.4. The van der Waals surface area contributed by atoms with E-state index < -0.39 is 18.0 Å². The summed E-state index contributed by atoms with van der Waals surface area (Å²) in [6.07, 6.45) is -3.02. The van der Waals surface area contributed by atoms with Gasteiger partial charge in [0, 0.05) is 13.0 Å². The highest BCUT2D eigenvalue weighted by Gasteiger charge is 2.42. The number of carbonyl (C=O) groups excluding carboxylic acids is 1. The molecule has 0 bridgehead atoms. The Morgan fingerprint density at radius 1 is 1.45 bits per heavy atom. The van der Waals surface area contributed by atoms with Crippen LogP contribution >= 0.6 is 0 Å². The average molecular weight is 314 g/mol. The first-order chi connectivity index (χ1) is 10.4. The van der Waals surface area contributed by atoms with Gasteiger partial charge in [0.15, 0.2) is 11.6 Å². The summed E-state index contributed by atoms with van der Waals surface area (Å²) in [4.78, 5) is 11.7. The standard InChI is InChI=1S/C13H13F3N4O2/c14-13(15,16)8-3-4-20-10(6-8)18-19-11(20)7-17-12(21)9-2-1-5-22-9/h1-2,5,8H,3-4,6-7H2,(H,17,21)/t8-/m0/s1. The minimum Gasteiger partial charge on any atom is -0.459 e. The predicted octanol–water partition coefficient (Wildman–Crippen LogP) is 1.93. The van der Waals surface area contributed by atoms with Gasteiger partial charge in [-0.1, -0.05) is 0 Å². The number of fused-ring (bicyclic) bond motifs is 1. The molecule has 9 heteroatoms. The van der Waals surface area contributed by atoms with Crippen molar-refractivity contribution >= 4 is 5.91 Å². The van der Waals surface area contributed by atoms with Crippen molar-refractivity contribution in [1.82, 2.24) is 20.1 Å². The molecular formula is C13H13F3N4O2. The summed E-state index contributed by atoms with van der Waals surface area (Å²) < 4.78 is 44.8. The lowest BCUT2D eigenvalue weighted by Crippen LogP contribution is -2.32. The van der Waals surface area contributed by atoms with Crippen molar-refractivity contribution in [3.8, 4) is 0 Å². The highest BCUT2D eigenvalue weighted by Crippen LogP contribution is 2.34. The van der Waals surface area contributed by atoms with E-state index in [1.165, 1.54) is 12.3 Å². The molecule has 6 nitrogen and oxygen atoms in total. The zero-order chi connectivity index (χ0) is 15.7. The van der Waals surface area contributed by atoms with Crippen molar-refractivity contribution in [2.45, 2.75) is 32.1 Å². The van der Waals surface area contributed by atoms with Crippen molar-refractivity contribution in [3.63, 3.8) is 0 Å². The van der Waals surface area contributed by atoms with Crippen molar-refractivity contribution in [2.24, 2.45) is 5.92 Å². The summed E-state index contributed by atoms with van der Waals surface area (Å²) in [6, 6.07) is 3.10. The third-order valence-electron chi connectivity index (χ3n) is 3.65. The van der Waals surface area contributed by atoms with E-state index in [4.69, 9.17) is 4.42 Å². The molecule has 1 atom stereocenters. The van der Waals surface area contributed by atoms with E-state index in [1.807, 2.05) is 0 Å². The van der Waals surface area contributed by atoms with Gasteiger partial charge in [0.05, 0.1) is 18.7 Å². The second kappa shape index (κ2) is 5.47. The maximum atomic E-state index is 12.7. The summed E-state index contributed by atoms with van der Waals surface area (Å²) in [7, 11) is 0. The maximum Gasteiger partial charge on any atom is 0.392 e. The third kappa shape index (κ3) is 2.83. The van der Waals surface area contributed by atoms with Gasteiger partial charge in [0.2, 0.25) is 0 Å². The Kier molecular flexibility index (Phi) is 3.63. The van der Waals surface area contributed by atoms with Gasteiger partial charge in [-0.05, 0) is 18.6 Å². The summed E-state index contributed by atoms with van der Waals surface area (Å²) in [5, 5.41) is 10.3. The largest absolute Gasteiger partial charge is 0.459 e. The fourth-order valence-corrected chi connectivity index (χ4v) is 2.45. The normalized spacial score (nSPS) is 18.0. The first-order valence-electron chi connectivity index (χ1n) is 6.74. The molecule has 0 aliphatic carbocycles. The number of nitrogens with one attached hydrogen (secondary N) is 1. The second-order valence-electron chi connectivity index (χ2n) is 5.08. The minimum atomic E-state index is -4.22. The smallest absolute Gasteiger partial charge is 0.392 e. The predicted molar refractivity (Wildman–Crippen MR) is 67.8 cm³/mol. The van der Waals surface area contributed by atoms with Crippen LogP contribution in [-0.2, 0) is 19.5 Å². The van der Waals surface area contributed by atoms with Gasteiger partial charge in [-0.2, -0.15) is 13.2 Å². The van der Waals surface area contributed by atoms with Gasteiger partial charge in [-0.3, -0.25) is 4.79 Å². The summed E-state index contributed by atoms with van der Waals surface area (Å²) in [5.41, 5.74) is 0. The average Bonchev–Trinajstić information content (AvgIpc) is 3.13. The van der Waals surface area contributed by atoms with Crippen LogP contribution in [0, 0.1) is 5.92 Å². The van der Waals surface area contributed by atoms with Gasteiger partial charge in [0.1, 0.15) is 5.82 Å². The van der Waals surface area contributed by atoms with Crippen LogP contribution in [0.25, 0.3) is 0 Å². The second-order valence-corrected chi connectivity index (χ2v) is 5.08. The third-order valence-corrected chi connectivity index (χ3v) is 3.65. The molecule has 1 amide bonds. The van der Waals surface area contributed by atoms with Crippen LogP contribution in [0.5, 0.6) is 0 Å². The molecule has 1 N–H and O–H groups in total. The van der Waals surface area contributed by atoms with Crippen LogP contribution in [0.15, 0.2) is 22.8 Å². The van der Waals surface area contributed by atoms with E-state index >= 15 is 0 Å². The molecule has 2 aromatic heterocycles. The molecule has 1 aliphatic heterocycles. The van der Waals surface area contributed by atoms with Crippen LogP contribution in [0.4, 0.5) is 13.2 Å². The lowest BCUT2D eigenvalue weighted by Gasteiger charge is -2.25. The quantitative estimate of drug-likeness (QED) is 0.939. The first-order valence-corrected chi connectivity index (χ1v) is 6.74. The van der Waals surface area contributed by atoms with Gasteiger partial charge in [-0.15, -0.1) is 10.2 Å². The number of rotatable bonds is 3. The van der Waals surface area contributed by atoms with E-state index in [0.29, 0.717) is 11.6 Å². The Labute approximate surface area is 123 Å². The molecule has 2 aromatic rings. The Morgan fingerprint density at radius 2 is 2.27 bits per heavy atom. The lowest BCUT2D eigenvalue weighted by atomic mass is 9.97. The molecule has 0 saturated carbocycles. The van der Waals surface area contributed by atoms with E-state index in [1.54, 1.807) is 10.6 Å². The monoisotopic (exact) mass is 314 g/mol. The highest BCUT2D eigenvalue weighted by molar-refractivity contribution is 5.91. The molecule has 0 radical (unpaired) electrons. The minimum absolute atomic E-state index is 0.00628. The number of nitrogens with zero attached hydrogens (tertiary/aromatic N) is 3. The van der Waals surface area contributed by atoms with Crippen LogP contribution in [0.2, 0.25) is 0 Å². The summed E-state index contributed by atoms with van der Waals surface area (Å²) >= 11 is 0. The SMILES string of the molecule is O=C(NCc1nnc2n1CC[C@H](C(F)(F)F)C2)c1ccco1. The molecule has 22 heavy (non-hydrogen) atoms. The molecule has 0 fully saturated rings. The van der Waals surface area contributed by atoms with Crippen LogP contribution in [-0.4, -0.2) is 26.8 Å². The van der Waals surface area contributed by atoms with Gasteiger partial charge < -0.3 is 14.3 Å². The van der Waals surface area contributed by atoms with E-state index in [-0.39, 0.29) is 31.7 Å². The zero-order valence-corrected chi connectivity index (χ0v) is 11.4. The molecule has 0 aromatic carbocycles. The molecular weight excluding hydrogens is 301 g/mol. The molecule has 0 saturated heterocycles. The summed E-state index contributed by atoms with van der Waals surface area (Å²) in [5.74, 6) is -0.886. The fraction of sp³-hybridized carbons (Fsp3) is 0.462. The van der Waals surface area contributed by atoms with Crippen molar-refractivity contribution in [3.05, 3.63) is 35.8 Å². The summed E-state index contributed by atoms with van der Waals surface area (Å²) in [6.45, 7) is 0.279. The molecule has 118 valence electrons. The van der Waals surface area contributed by atoms with Crippen LogP contribution in [0.3, 0.4) is 0 Å². The Morgan fingerprint density at radius 3 is 2.95 bits per heavy atom. The number of aromatic nitrogens is 3.